The number of hydrogen-bond acceptors (Lipinski definition) is 4. The van der Waals surface area contributed by atoms with Crippen molar-refractivity contribution in [2.45, 2.75) is 71.2 Å². The van der Waals surface area contributed by atoms with Crippen LogP contribution in [0.1, 0.15) is 65.2 Å². The molecule has 22 heavy (non-hydrogen) atoms. The molecule has 132 valence electrons. The smallest absolute Gasteiger partial charge is 0.285 e. The van der Waals surface area contributed by atoms with Gasteiger partial charge in [0.1, 0.15) is 0 Å². The molecule has 0 saturated heterocycles. The van der Waals surface area contributed by atoms with Gasteiger partial charge in [0, 0.05) is 27.2 Å². The van der Waals surface area contributed by atoms with Crippen molar-refractivity contribution in [1.29, 1.82) is 0 Å². The summed E-state index contributed by atoms with van der Waals surface area (Å²) >= 11 is 0. The van der Waals surface area contributed by atoms with E-state index in [1.54, 1.807) is 27.6 Å². The predicted molar refractivity (Wildman–Crippen MR) is 90.6 cm³/mol. The Hall–Kier alpha value is -0.580. The molecule has 4 heteroatoms. The van der Waals surface area contributed by atoms with Crippen molar-refractivity contribution in [2.75, 3.05) is 27.9 Å². The summed E-state index contributed by atoms with van der Waals surface area (Å²) in [4.78, 5) is 0. The number of allylic oxidation sites excluding steroid dienone is 1. The maximum atomic E-state index is 5.56. The molecule has 0 radical (unpaired) electrons. The molecule has 0 saturated carbocycles. The molecule has 0 N–H and O–H groups in total. The lowest BCUT2D eigenvalue weighted by Crippen LogP contribution is -2.44. The fourth-order valence-electron chi connectivity index (χ4n) is 2.82. The molecule has 1 atom stereocenters. The lowest BCUT2D eigenvalue weighted by molar-refractivity contribution is -0.380. The summed E-state index contributed by atoms with van der Waals surface area (Å²) < 4.78 is 22.1. The first-order chi connectivity index (χ1) is 10.7. The van der Waals surface area contributed by atoms with Gasteiger partial charge in [-0.3, -0.25) is 0 Å². The fraction of sp³-hybridized carbons (Fsp3) is 0.889. The highest BCUT2D eigenvalue weighted by atomic mass is 16.9. The number of ether oxygens (including phenoxy) is 4. The number of rotatable bonds is 15. The Bertz CT molecular complexity index is 254. The van der Waals surface area contributed by atoms with Gasteiger partial charge in [0.25, 0.3) is 5.97 Å². The molecule has 0 spiro atoms. The van der Waals surface area contributed by atoms with E-state index in [0.29, 0.717) is 6.61 Å². The maximum absolute atomic E-state index is 5.56. The Morgan fingerprint density at radius 3 is 2.00 bits per heavy atom. The molecule has 0 aromatic rings. The Balaban J connectivity index is 4.41. The van der Waals surface area contributed by atoms with Crippen LogP contribution in [0.5, 0.6) is 0 Å². The molecule has 0 aromatic heterocycles. The van der Waals surface area contributed by atoms with Crippen LogP contribution in [-0.4, -0.2) is 33.9 Å². The van der Waals surface area contributed by atoms with Gasteiger partial charge in [0.2, 0.25) is 0 Å². The fourth-order valence-corrected chi connectivity index (χ4v) is 2.82. The van der Waals surface area contributed by atoms with E-state index < -0.39 is 5.97 Å². The molecule has 0 rings (SSSR count). The molecule has 0 aliphatic carbocycles. The Kier molecular flexibility index (Phi) is 13.7. The Morgan fingerprint density at radius 2 is 1.45 bits per heavy atom. The van der Waals surface area contributed by atoms with Gasteiger partial charge < -0.3 is 18.9 Å². The van der Waals surface area contributed by atoms with Crippen molar-refractivity contribution in [3.8, 4) is 0 Å². The van der Waals surface area contributed by atoms with Crippen molar-refractivity contribution in [2.24, 2.45) is 5.92 Å². The van der Waals surface area contributed by atoms with E-state index in [1.165, 1.54) is 32.1 Å². The second-order valence-corrected chi connectivity index (χ2v) is 5.60. The second-order valence-electron chi connectivity index (χ2n) is 5.60. The highest BCUT2D eigenvalue weighted by Gasteiger charge is 2.39. The normalized spacial score (nSPS) is 13.7. The van der Waals surface area contributed by atoms with E-state index in [2.05, 4.69) is 6.92 Å². The standard InChI is InChI=1S/C18H36O4/c1-6-8-9-10-11-13-17(14-12-16-22-15-7-2)18(19-3,20-4)21-5/h7,15,17H,6,8-14,16H2,1-5H3. The van der Waals surface area contributed by atoms with Gasteiger partial charge in [0.05, 0.1) is 12.9 Å². The minimum atomic E-state index is -0.939. The number of hydrogen-bond donors (Lipinski definition) is 0. The third-order valence-electron chi connectivity index (χ3n) is 4.06. The van der Waals surface area contributed by atoms with Crippen molar-refractivity contribution in [3.05, 3.63) is 12.3 Å². The van der Waals surface area contributed by atoms with Crippen LogP contribution in [0.15, 0.2) is 12.3 Å². The van der Waals surface area contributed by atoms with Crippen molar-refractivity contribution >= 4 is 0 Å². The van der Waals surface area contributed by atoms with Crippen LogP contribution in [0.4, 0.5) is 0 Å². The SMILES string of the molecule is CC=COCCCC(CCCCCCC)C(OC)(OC)OC. The van der Waals surface area contributed by atoms with E-state index in [9.17, 15) is 0 Å². The summed E-state index contributed by atoms with van der Waals surface area (Å²) in [6.45, 7) is 4.90. The van der Waals surface area contributed by atoms with Gasteiger partial charge >= 0.3 is 0 Å². The summed E-state index contributed by atoms with van der Waals surface area (Å²) in [6.07, 6.45) is 12.9. The van der Waals surface area contributed by atoms with Gasteiger partial charge in [0.15, 0.2) is 0 Å². The van der Waals surface area contributed by atoms with Crippen LogP contribution in [0, 0.1) is 5.92 Å². The number of methoxy groups -OCH3 is 3. The largest absolute Gasteiger partial charge is 0.502 e. The lowest BCUT2D eigenvalue weighted by atomic mass is 9.93. The topological polar surface area (TPSA) is 36.9 Å². The summed E-state index contributed by atoms with van der Waals surface area (Å²) in [6, 6.07) is 0. The number of unbranched alkanes of at least 4 members (excludes halogenated alkanes) is 4. The lowest BCUT2D eigenvalue weighted by Gasteiger charge is -2.36. The Morgan fingerprint density at radius 1 is 0.864 bits per heavy atom. The van der Waals surface area contributed by atoms with E-state index in [4.69, 9.17) is 18.9 Å². The molecule has 0 amide bonds. The van der Waals surface area contributed by atoms with Gasteiger partial charge in [-0.05, 0) is 26.2 Å². The monoisotopic (exact) mass is 316 g/mol. The molecule has 0 heterocycles. The van der Waals surface area contributed by atoms with Crippen molar-refractivity contribution in [3.63, 3.8) is 0 Å². The average molecular weight is 316 g/mol. The zero-order chi connectivity index (χ0) is 16.7. The highest BCUT2D eigenvalue weighted by Crippen LogP contribution is 2.32. The summed E-state index contributed by atoms with van der Waals surface area (Å²) in [5.74, 6) is -0.728. The molecule has 4 nitrogen and oxygen atoms in total. The molecule has 0 aliphatic rings. The Labute approximate surface area is 137 Å². The van der Waals surface area contributed by atoms with E-state index >= 15 is 0 Å². The summed E-state index contributed by atoms with van der Waals surface area (Å²) in [7, 11) is 4.94. The highest BCUT2D eigenvalue weighted by molar-refractivity contribution is 4.72. The van der Waals surface area contributed by atoms with Gasteiger partial charge in [-0.1, -0.05) is 45.1 Å². The van der Waals surface area contributed by atoms with Gasteiger partial charge in [-0.2, -0.15) is 0 Å². The molecule has 0 aromatic carbocycles. The first-order valence-electron chi connectivity index (χ1n) is 8.58. The summed E-state index contributed by atoms with van der Waals surface area (Å²) in [5, 5.41) is 0. The molecule has 0 fully saturated rings. The van der Waals surface area contributed by atoms with E-state index in [-0.39, 0.29) is 5.92 Å². The van der Waals surface area contributed by atoms with Crippen LogP contribution in [-0.2, 0) is 18.9 Å². The van der Waals surface area contributed by atoms with Crippen LogP contribution in [0.25, 0.3) is 0 Å². The summed E-state index contributed by atoms with van der Waals surface area (Å²) in [5.41, 5.74) is 0. The first kappa shape index (κ1) is 21.4. The van der Waals surface area contributed by atoms with Gasteiger partial charge in [-0.25, -0.2) is 0 Å². The van der Waals surface area contributed by atoms with Crippen LogP contribution in [0.2, 0.25) is 0 Å². The van der Waals surface area contributed by atoms with Crippen LogP contribution in [0.3, 0.4) is 0 Å². The van der Waals surface area contributed by atoms with Crippen LogP contribution < -0.4 is 0 Å². The first-order valence-corrected chi connectivity index (χ1v) is 8.58. The minimum absolute atomic E-state index is 0.211. The predicted octanol–water partition coefficient (Wildman–Crippen LogP) is 4.89. The molecular formula is C18H36O4. The molecule has 1 unspecified atom stereocenters. The molecule has 0 bridgehead atoms. The van der Waals surface area contributed by atoms with Crippen molar-refractivity contribution in [1.82, 2.24) is 0 Å². The van der Waals surface area contributed by atoms with E-state index in [1.807, 2.05) is 13.0 Å². The third-order valence-corrected chi connectivity index (χ3v) is 4.06. The van der Waals surface area contributed by atoms with E-state index in [0.717, 1.165) is 19.3 Å². The zero-order valence-electron chi connectivity index (χ0n) is 15.2. The maximum Gasteiger partial charge on any atom is 0.285 e. The van der Waals surface area contributed by atoms with Crippen molar-refractivity contribution < 1.29 is 18.9 Å². The van der Waals surface area contributed by atoms with Crippen LogP contribution >= 0.6 is 0 Å². The second kappa shape index (κ2) is 14.0. The average Bonchev–Trinajstić information content (AvgIpc) is 2.55. The third kappa shape index (κ3) is 8.16. The van der Waals surface area contributed by atoms with Gasteiger partial charge in [-0.15, -0.1) is 0 Å². The minimum Gasteiger partial charge on any atom is -0.502 e. The quantitative estimate of drug-likeness (QED) is 0.245. The molecular weight excluding hydrogens is 280 g/mol. The zero-order valence-corrected chi connectivity index (χ0v) is 15.2. The molecule has 0 aliphatic heterocycles.